The molecule has 0 heterocycles. The standard InChI is InChI=1S/C8H17O2PS/c1-7(2)4-5-11(10,12)6-8(3)9/h7H,4-6H2,1-3H3,(H,10,12). The third-order valence-electron chi connectivity index (χ3n) is 1.53. The molecule has 0 radical (unpaired) electrons. The smallest absolute Gasteiger partial charge is 0.137 e. The van der Waals surface area contributed by atoms with Crippen LogP contribution in [0, 0.1) is 5.92 Å². The van der Waals surface area contributed by atoms with Crippen LogP contribution < -0.4 is 0 Å². The number of hydrogen-bond acceptors (Lipinski definition) is 2. The summed E-state index contributed by atoms with van der Waals surface area (Å²) in [5.74, 6) is 0.552. The Morgan fingerprint density at radius 3 is 2.42 bits per heavy atom. The monoisotopic (exact) mass is 208 g/mol. The minimum Gasteiger partial charge on any atom is -0.365 e. The van der Waals surface area contributed by atoms with Crippen molar-refractivity contribution in [2.24, 2.45) is 5.92 Å². The first kappa shape index (κ1) is 12.3. The van der Waals surface area contributed by atoms with Crippen LogP contribution in [0.2, 0.25) is 0 Å². The van der Waals surface area contributed by atoms with Gasteiger partial charge in [-0.1, -0.05) is 25.7 Å². The molecule has 0 fully saturated rings. The van der Waals surface area contributed by atoms with Gasteiger partial charge in [0.05, 0.1) is 12.4 Å². The summed E-state index contributed by atoms with van der Waals surface area (Å²) in [5, 5.41) is 0. The predicted molar refractivity (Wildman–Crippen MR) is 56.4 cm³/mol. The zero-order valence-electron chi connectivity index (χ0n) is 7.91. The fraction of sp³-hybridized carbons (Fsp3) is 0.875. The molecule has 72 valence electrons. The van der Waals surface area contributed by atoms with Gasteiger partial charge < -0.3 is 4.89 Å². The summed E-state index contributed by atoms with van der Waals surface area (Å²) in [6.07, 6.45) is -0.559. The van der Waals surface area contributed by atoms with Gasteiger partial charge in [-0.15, -0.1) is 0 Å². The number of ketones is 1. The first-order valence-electron chi connectivity index (χ1n) is 4.14. The van der Waals surface area contributed by atoms with Crippen molar-refractivity contribution in [3.63, 3.8) is 0 Å². The molecule has 0 saturated heterocycles. The molecule has 2 nitrogen and oxygen atoms in total. The summed E-state index contributed by atoms with van der Waals surface area (Å²) in [6, 6.07) is 0. The lowest BCUT2D eigenvalue weighted by Gasteiger charge is -2.14. The molecule has 1 unspecified atom stereocenters. The van der Waals surface area contributed by atoms with E-state index in [-0.39, 0.29) is 11.9 Å². The van der Waals surface area contributed by atoms with Crippen LogP contribution in [0.5, 0.6) is 0 Å². The van der Waals surface area contributed by atoms with Crippen molar-refractivity contribution in [1.82, 2.24) is 0 Å². The third kappa shape index (κ3) is 6.96. The Morgan fingerprint density at radius 2 is 2.08 bits per heavy atom. The molecule has 0 saturated carbocycles. The highest BCUT2D eigenvalue weighted by Crippen LogP contribution is 2.41. The molecular formula is C8H17O2PS. The molecule has 0 aliphatic heterocycles. The molecule has 0 bridgehead atoms. The van der Waals surface area contributed by atoms with Gasteiger partial charge >= 0.3 is 0 Å². The molecule has 0 rings (SSSR count). The van der Waals surface area contributed by atoms with Crippen molar-refractivity contribution < 1.29 is 9.69 Å². The average molecular weight is 208 g/mol. The van der Waals surface area contributed by atoms with Gasteiger partial charge in [-0.05, 0) is 25.4 Å². The highest BCUT2D eigenvalue weighted by molar-refractivity contribution is 8.12. The van der Waals surface area contributed by atoms with Gasteiger partial charge in [0.2, 0.25) is 0 Å². The summed E-state index contributed by atoms with van der Waals surface area (Å²) in [6.45, 7) is 5.65. The molecule has 0 spiro atoms. The highest BCUT2D eigenvalue weighted by Gasteiger charge is 2.15. The van der Waals surface area contributed by atoms with Crippen molar-refractivity contribution in [1.29, 1.82) is 0 Å². The largest absolute Gasteiger partial charge is 0.365 e. The van der Waals surface area contributed by atoms with E-state index in [4.69, 9.17) is 11.8 Å². The van der Waals surface area contributed by atoms with Gasteiger partial charge in [0, 0.05) is 0 Å². The summed E-state index contributed by atoms with van der Waals surface area (Å²) >= 11 is 4.98. The number of rotatable bonds is 5. The van der Waals surface area contributed by atoms with E-state index in [1.165, 1.54) is 6.92 Å². The first-order valence-corrected chi connectivity index (χ1v) is 7.26. The number of hydrogen-bond donors (Lipinski definition) is 1. The quantitative estimate of drug-likeness (QED) is 0.702. The second kappa shape index (κ2) is 5.11. The molecule has 0 aromatic carbocycles. The zero-order chi connectivity index (χ0) is 9.78. The lowest BCUT2D eigenvalue weighted by atomic mass is 10.2. The Kier molecular flexibility index (Phi) is 5.22. The van der Waals surface area contributed by atoms with E-state index < -0.39 is 6.26 Å². The molecule has 1 N–H and O–H groups in total. The first-order chi connectivity index (χ1) is 5.33. The Bertz CT molecular complexity index is 201. The molecule has 0 amide bonds. The summed E-state index contributed by atoms with van der Waals surface area (Å²) in [7, 11) is 0. The molecule has 4 heteroatoms. The van der Waals surface area contributed by atoms with Gasteiger partial charge in [0.1, 0.15) is 5.78 Å². The maximum Gasteiger partial charge on any atom is 0.137 e. The van der Waals surface area contributed by atoms with Gasteiger partial charge in [0.25, 0.3) is 0 Å². The summed E-state index contributed by atoms with van der Waals surface area (Å²) in [4.78, 5) is 20.3. The minimum absolute atomic E-state index is 0.00425. The SMILES string of the molecule is CC(=O)CP(O)(=S)CCC(C)C. The van der Waals surface area contributed by atoms with Crippen molar-refractivity contribution >= 4 is 23.9 Å². The third-order valence-corrected chi connectivity index (χ3v) is 4.36. The van der Waals surface area contributed by atoms with E-state index in [0.717, 1.165) is 6.42 Å². The van der Waals surface area contributed by atoms with Gasteiger partial charge in [-0.3, -0.25) is 4.79 Å². The van der Waals surface area contributed by atoms with Crippen LogP contribution >= 0.6 is 6.26 Å². The molecular weight excluding hydrogens is 191 g/mol. The number of carbonyl (C=O) groups excluding carboxylic acids is 1. The van der Waals surface area contributed by atoms with Crippen molar-refractivity contribution in [3.8, 4) is 0 Å². The van der Waals surface area contributed by atoms with Gasteiger partial charge in [-0.2, -0.15) is 0 Å². The molecule has 0 aliphatic carbocycles. The van der Waals surface area contributed by atoms with Gasteiger partial charge in [0.15, 0.2) is 0 Å². The second-order valence-corrected chi connectivity index (χ2v) is 8.11. The molecule has 0 aromatic rings. The highest BCUT2D eigenvalue weighted by atomic mass is 32.4. The van der Waals surface area contributed by atoms with E-state index >= 15 is 0 Å². The number of Topliss-reactive ketones (excluding diaryl/α,β-unsaturated/α-hetero) is 1. The van der Waals surface area contributed by atoms with E-state index in [1.807, 2.05) is 0 Å². The van der Waals surface area contributed by atoms with E-state index in [2.05, 4.69) is 13.8 Å². The van der Waals surface area contributed by atoms with Crippen LogP contribution in [0.4, 0.5) is 0 Å². The van der Waals surface area contributed by atoms with Crippen LogP contribution in [0.25, 0.3) is 0 Å². The summed E-state index contributed by atoms with van der Waals surface area (Å²) in [5.41, 5.74) is 0. The molecule has 0 aromatic heterocycles. The van der Waals surface area contributed by atoms with E-state index in [0.29, 0.717) is 12.1 Å². The average Bonchev–Trinajstić information content (AvgIpc) is 1.81. The van der Waals surface area contributed by atoms with Crippen molar-refractivity contribution in [2.45, 2.75) is 27.2 Å². The lowest BCUT2D eigenvalue weighted by molar-refractivity contribution is -0.114. The number of carbonyl (C=O) groups is 1. The van der Waals surface area contributed by atoms with Crippen molar-refractivity contribution in [2.75, 3.05) is 12.3 Å². The maximum absolute atomic E-state index is 10.7. The fourth-order valence-electron chi connectivity index (χ4n) is 0.887. The molecule has 12 heavy (non-hydrogen) atoms. The molecule has 1 atom stereocenters. The lowest BCUT2D eigenvalue weighted by Crippen LogP contribution is -2.04. The topological polar surface area (TPSA) is 37.3 Å². The second-order valence-electron chi connectivity index (χ2n) is 3.61. The van der Waals surface area contributed by atoms with E-state index in [9.17, 15) is 9.69 Å². The summed E-state index contributed by atoms with van der Waals surface area (Å²) < 4.78 is 0. The Morgan fingerprint density at radius 1 is 1.58 bits per heavy atom. The van der Waals surface area contributed by atoms with E-state index in [1.54, 1.807) is 0 Å². The van der Waals surface area contributed by atoms with Crippen LogP contribution in [-0.2, 0) is 16.6 Å². The van der Waals surface area contributed by atoms with Crippen LogP contribution in [0.3, 0.4) is 0 Å². The normalized spacial score (nSPS) is 16.1. The van der Waals surface area contributed by atoms with Crippen LogP contribution in [0.15, 0.2) is 0 Å². The minimum atomic E-state index is -2.32. The predicted octanol–water partition coefficient (Wildman–Crippen LogP) is 2.01. The fourth-order valence-corrected chi connectivity index (χ4v) is 3.52. The maximum atomic E-state index is 10.7. The van der Waals surface area contributed by atoms with Crippen LogP contribution in [0.1, 0.15) is 27.2 Å². The Hall–Kier alpha value is 0.280. The zero-order valence-corrected chi connectivity index (χ0v) is 9.62. The van der Waals surface area contributed by atoms with Crippen molar-refractivity contribution in [3.05, 3.63) is 0 Å². The Labute approximate surface area is 79.5 Å². The Balaban J connectivity index is 3.88. The molecule has 0 aliphatic rings. The van der Waals surface area contributed by atoms with Crippen LogP contribution in [-0.4, -0.2) is 23.0 Å². The van der Waals surface area contributed by atoms with Gasteiger partial charge in [-0.25, -0.2) is 0 Å².